The zero-order chi connectivity index (χ0) is 21.1. The smallest absolute Gasteiger partial charge is 0.239 e. The van der Waals surface area contributed by atoms with Crippen molar-refractivity contribution >= 4 is 27.3 Å². The number of carbonyl (C=O) groups is 2. The number of nitrogens with zero attached hydrogens (tertiary/aromatic N) is 1. The second-order valence-corrected chi connectivity index (χ2v) is 9.81. The van der Waals surface area contributed by atoms with Gasteiger partial charge >= 0.3 is 0 Å². The minimum atomic E-state index is -3.62. The van der Waals surface area contributed by atoms with Crippen LogP contribution >= 0.6 is 0 Å². The molecule has 1 atom stereocenters. The number of sulfone groups is 1. The fourth-order valence-electron chi connectivity index (χ4n) is 4.07. The molecular formula is C22H25N3O4S. The van der Waals surface area contributed by atoms with Crippen molar-refractivity contribution in [3.63, 3.8) is 0 Å². The summed E-state index contributed by atoms with van der Waals surface area (Å²) in [4.78, 5) is 26.9. The van der Waals surface area contributed by atoms with Crippen LogP contribution in [0, 0.1) is 0 Å². The highest BCUT2D eigenvalue weighted by molar-refractivity contribution is 7.92. The van der Waals surface area contributed by atoms with Gasteiger partial charge in [-0.1, -0.05) is 36.4 Å². The molecule has 2 aliphatic heterocycles. The fraction of sp³-hybridized carbons (Fsp3) is 0.364. The Hall–Kier alpha value is -2.71. The van der Waals surface area contributed by atoms with Gasteiger partial charge in [0.15, 0.2) is 9.84 Å². The van der Waals surface area contributed by atoms with Gasteiger partial charge in [0.05, 0.1) is 23.0 Å². The van der Waals surface area contributed by atoms with Gasteiger partial charge < -0.3 is 15.5 Å². The summed E-state index contributed by atoms with van der Waals surface area (Å²) in [5.41, 5.74) is 1.95. The number of likely N-dealkylation sites (tertiary alicyclic amines) is 1. The Balaban J connectivity index is 1.48. The number of rotatable bonds is 6. The van der Waals surface area contributed by atoms with Gasteiger partial charge in [0, 0.05) is 6.54 Å². The third kappa shape index (κ3) is 4.71. The van der Waals surface area contributed by atoms with Crippen LogP contribution in [0.2, 0.25) is 0 Å². The largest absolute Gasteiger partial charge is 0.348 e. The highest BCUT2D eigenvalue weighted by Gasteiger charge is 2.29. The Kier molecular flexibility index (Phi) is 5.87. The molecular weight excluding hydrogens is 402 g/mol. The lowest BCUT2D eigenvalue weighted by Crippen LogP contribution is -2.37. The average Bonchev–Trinajstić information content (AvgIpc) is 3.20. The Morgan fingerprint density at radius 1 is 1.10 bits per heavy atom. The molecule has 0 unspecified atom stereocenters. The van der Waals surface area contributed by atoms with Crippen molar-refractivity contribution in [1.29, 1.82) is 0 Å². The number of carbonyl (C=O) groups excluding carboxylic acids is 2. The first kappa shape index (κ1) is 20.6. The molecule has 30 heavy (non-hydrogen) atoms. The summed E-state index contributed by atoms with van der Waals surface area (Å²) in [5.74, 6) is -1.25. The molecule has 4 rings (SSSR count). The van der Waals surface area contributed by atoms with Crippen LogP contribution in [0.1, 0.15) is 30.0 Å². The highest BCUT2D eigenvalue weighted by Crippen LogP contribution is 2.28. The van der Waals surface area contributed by atoms with Crippen LogP contribution in [0.25, 0.3) is 0 Å². The minimum absolute atomic E-state index is 0.0995. The molecule has 2 heterocycles. The van der Waals surface area contributed by atoms with Gasteiger partial charge in [-0.25, -0.2) is 8.42 Å². The van der Waals surface area contributed by atoms with E-state index in [0.717, 1.165) is 25.2 Å². The molecule has 1 saturated heterocycles. The number of fused-ring (bicyclic) bond motifs is 1. The zero-order valence-corrected chi connectivity index (χ0v) is 17.5. The third-order valence-corrected chi connectivity index (χ3v) is 7.18. The molecule has 2 amide bonds. The molecule has 1 fully saturated rings. The van der Waals surface area contributed by atoms with Gasteiger partial charge in [-0.05, 0) is 49.2 Å². The number of benzene rings is 2. The van der Waals surface area contributed by atoms with E-state index in [9.17, 15) is 18.0 Å². The van der Waals surface area contributed by atoms with E-state index in [2.05, 4.69) is 15.5 Å². The summed E-state index contributed by atoms with van der Waals surface area (Å²) in [6.45, 7) is 2.84. The second-order valence-electron chi connectivity index (χ2n) is 7.85. The molecule has 0 radical (unpaired) electrons. The van der Waals surface area contributed by atoms with E-state index >= 15 is 0 Å². The Morgan fingerprint density at radius 3 is 2.57 bits per heavy atom. The van der Waals surface area contributed by atoms with Crippen LogP contribution in [-0.4, -0.2) is 50.5 Å². The maximum absolute atomic E-state index is 12.8. The van der Waals surface area contributed by atoms with Crippen LogP contribution in [0.3, 0.4) is 0 Å². The Labute approximate surface area is 176 Å². The fourth-order valence-corrected chi connectivity index (χ4v) is 5.36. The van der Waals surface area contributed by atoms with Crippen LogP contribution in [0.4, 0.5) is 5.69 Å². The van der Waals surface area contributed by atoms with Gasteiger partial charge in [-0.3, -0.25) is 9.59 Å². The number of nitrogens with one attached hydrogen (secondary N) is 2. The predicted octanol–water partition coefficient (Wildman–Crippen LogP) is 1.91. The quantitative estimate of drug-likeness (QED) is 0.734. The number of hydrogen-bond donors (Lipinski definition) is 2. The Bertz CT molecular complexity index is 1050. The molecule has 0 aliphatic carbocycles. The van der Waals surface area contributed by atoms with Gasteiger partial charge in [0.25, 0.3) is 0 Å². The molecule has 2 aromatic carbocycles. The van der Waals surface area contributed by atoms with E-state index in [4.69, 9.17) is 0 Å². The van der Waals surface area contributed by atoms with Crippen molar-refractivity contribution < 1.29 is 18.0 Å². The van der Waals surface area contributed by atoms with E-state index in [1.165, 1.54) is 18.9 Å². The molecule has 0 spiro atoms. The van der Waals surface area contributed by atoms with Crippen LogP contribution < -0.4 is 10.6 Å². The van der Waals surface area contributed by atoms with Crippen molar-refractivity contribution in [2.75, 3.05) is 30.7 Å². The molecule has 0 aromatic heterocycles. The van der Waals surface area contributed by atoms with Gasteiger partial charge in [-0.2, -0.15) is 0 Å². The van der Waals surface area contributed by atoms with Crippen molar-refractivity contribution in [1.82, 2.24) is 10.2 Å². The van der Waals surface area contributed by atoms with E-state index in [1.54, 1.807) is 12.1 Å². The maximum atomic E-state index is 12.8. The zero-order valence-electron chi connectivity index (χ0n) is 16.6. The van der Waals surface area contributed by atoms with Crippen molar-refractivity contribution in [2.24, 2.45) is 0 Å². The Morgan fingerprint density at radius 2 is 1.83 bits per heavy atom. The summed E-state index contributed by atoms with van der Waals surface area (Å²) in [7, 11) is -3.62. The van der Waals surface area contributed by atoms with Crippen LogP contribution in [0.15, 0.2) is 53.4 Å². The van der Waals surface area contributed by atoms with Gasteiger partial charge in [0.1, 0.15) is 5.75 Å². The average molecular weight is 428 g/mol. The predicted molar refractivity (Wildman–Crippen MR) is 114 cm³/mol. The molecule has 0 saturated carbocycles. The molecule has 2 N–H and O–H groups in total. The molecule has 0 bridgehead atoms. The summed E-state index contributed by atoms with van der Waals surface area (Å²) in [5, 5.41) is 5.72. The van der Waals surface area contributed by atoms with Gasteiger partial charge in [-0.15, -0.1) is 0 Å². The maximum Gasteiger partial charge on any atom is 0.239 e. The van der Waals surface area contributed by atoms with E-state index < -0.39 is 21.5 Å². The summed E-state index contributed by atoms with van der Waals surface area (Å²) in [6, 6.07) is 14.5. The van der Waals surface area contributed by atoms with Crippen molar-refractivity contribution in [2.45, 2.75) is 30.2 Å². The first-order chi connectivity index (χ1) is 14.4. The number of amides is 2. The van der Waals surface area contributed by atoms with Crippen molar-refractivity contribution in [3.8, 4) is 0 Å². The minimum Gasteiger partial charge on any atom is -0.348 e. The van der Waals surface area contributed by atoms with E-state index in [1.807, 2.05) is 30.3 Å². The summed E-state index contributed by atoms with van der Waals surface area (Å²) >= 11 is 0. The van der Waals surface area contributed by atoms with Crippen molar-refractivity contribution in [3.05, 3.63) is 59.7 Å². The topological polar surface area (TPSA) is 95.6 Å². The van der Waals surface area contributed by atoms with Crippen LogP contribution in [0.5, 0.6) is 0 Å². The highest BCUT2D eigenvalue weighted by atomic mass is 32.2. The lowest BCUT2D eigenvalue weighted by molar-refractivity contribution is -0.121. The first-order valence-electron chi connectivity index (χ1n) is 10.1. The molecule has 7 nitrogen and oxygen atoms in total. The summed E-state index contributed by atoms with van der Waals surface area (Å²) < 4.78 is 24.3. The van der Waals surface area contributed by atoms with E-state index in [0.29, 0.717) is 5.56 Å². The van der Waals surface area contributed by atoms with Gasteiger partial charge in [0.2, 0.25) is 11.8 Å². The summed E-state index contributed by atoms with van der Waals surface area (Å²) in [6.07, 6.45) is 2.46. The number of hydrogen-bond acceptors (Lipinski definition) is 5. The molecule has 158 valence electrons. The SMILES string of the molecule is O=C1CS(=O)(=O)c2ccc(CC(=O)N[C@@H](CN3CCCC3)c3ccccc3)cc2N1. The molecule has 2 aliphatic rings. The molecule has 2 aromatic rings. The normalized spacial score (nSPS) is 19.0. The van der Waals surface area contributed by atoms with Crippen LogP contribution in [-0.2, 0) is 25.8 Å². The molecule has 8 heteroatoms. The lowest BCUT2D eigenvalue weighted by Gasteiger charge is -2.25. The first-order valence-corrected chi connectivity index (χ1v) is 11.8. The monoisotopic (exact) mass is 427 g/mol. The third-order valence-electron chi connectivity index (χ3n) is 5.52. The second kappa shape index (κ2) is 8.57. The number of anilines is 1. The standard InChI is InChI=1S/C22H25N3O4S/c26-21(13-16-8-9-20-18(12-16)23-22(27)15-30(20,28)29)24-19(14-25-10-4-5-11-25)17-6-2-1-3-7-17/h1-3,6-9,12,19H,4-5,10-11,13-15H2,(H,23,27)(H,24,26)/t19-/m0/s1. The van der Waals surface area contributed by atoms with E-state index in [-0.39, 0.29) is 29.0 Å². The lowest BCUT2D eigenvalue weighted by atomic mass is 10.1.